The Morgan fingerprint density at radius 3 is 2.15 bits per heavy atom. The minimum Gasteiger partial charge on any atom is -0.480 e. The molecule has 1 amide bonds. The molecule has 114 valence electrons. The van der Waals surface area contributed by atoms with Crippen molar-refractivity contribution in [2.24, 2.45) is 11.8 Å². The minimum absolute atomic E-state index is 0.0362. The fraction of sp³-hybridized carbons (Fsp3) is 0.846. The van der Waals surface area contributed by atoms with Gasteiger partial charge < -0.3 is 10.0 Å². The summed E-state index contributed by atoms with van der Waals surface area (Å²) in [4.78, 5) is 24.6. The zero-order chi connectivity index (χ0) is 14.9. The number of carbonyl (C=O) groups excluding carboxylic acids is 1. The van der Waals surface area contributed by atoms with Crippen molar-refractivity contribution in [1.29, 1.82) is 0 Å². The molecule has 1 N–H and O–H groups in total. The lowest BCUT2D eigenvalue weighted by atomic mass is 9.81. The molecule has 7 heteroatoms. The number of likely N-dealkylation sites (tertiary alicyclic amines) is 1. The molecule has 1 saturated carbocycles. The summed E-state index contributed by atoms with van der Waals surface area (Å²) in [5.41, 5.74) is 0. The normalized spacial score (nSPS) is 31.4. The molecule has 2 fully saturated rings. The smallest absolute Gasteiger partial charge is 0.391 e. The maximum atomic E-state index is 12.6. The third kappa shape index (κ3) is 3.07. The van der Waals surface area contributed by atoms with E-state index in [2.05, 4.69) is 0 Å². The lowest BCUT2D eigenvalue weighted by Crippen LogP contribution is -2.44. The predicted octanol–water partition coefficient (Wildman–Crippen LogP) is 2.43. The van der Waals surface area contributed by atoms with Crippen molar-refractivity contribution in [2.45, 2.75) is 50.7 Å². The van der Waals surface area contributed by atoms with E-state index in [0.717, 1.165) is 0 Å². The Balaban J connectivity index is 1.93. The number of nitrogens with zero attached hydrogens (tertiary/aromatic N) is 1. The zero-order valence-electron chi connectivity index (χ0n) is 11.0. The lowest BCUT2D eigenvalue weighted by molar-refractivity contribution is -0.185. The van der Waals surface area contributed by atoms with E-state index in [0.29, 0.717) is 19.4 Å². The molecule has 0 aromatic rings. The van der Waals surface area contributed by atoms with Gasteiger partial charge >= 0.3 is 12.1 Å². The van der Waals surface area contributed by atoms with E-state index < -0.39 is 30.0 Å². The van der Waals surface area contributed by atoms with Crippen LogP contribution in [0.3, 0.4) is 0 Å². The Morgan fingerprint density at radius 2 is 1.65 bits per heavy atom. The Kier molecular flexibility index (Phi) is 4.25. The van der Waals surface area contributed by atoms with Crippen molar-refractivity contribution in [3.63, 3.8) is 0 Å². The van der Waals surface area contributed by atoms with Crippen molar-refractivity contribution in [3.8, 4) is 0 Å². The molecule has 4 nitrogen and oxygen atoms in total. The lowest BCUT2D eigenvalue weighted by Gasteiger charge is -2.32. The first kappa shape index (κ1) is 15.1. The highest BCUT2D eigenvalue weighted by molar-refractivity contribution is 5.85. The van der Waals surface area contributed by atoms with Crippen LogP contribution in [0.25, 0.3) is 0 Å². The van der Waals surface area contributed by atoms with Gasteiger partial charge in [0.25, 0.3) is 0 Å². The zero-order valence-corrected chi connectivity index (χ0v) is 11.0. The van der Waals surface area contributed by atoms with Crippen LogP contribution in [0.15, 0.2) is 0 Å². The molecule has 2 aliphatic rings. The number of hydrogen-bond donors (Lipinski definition) is 1. The molecule has 20 heavy (non-hydrogen) atoms. The van der Waals surface area contributed by atoms with Gasteiger partial charge in [-0.1, -0.05) is 0 Å². The van der Waals surface area contributed by atoms with Crippen LogP contribution in [0.4, 0.5) is 13.2 Å². The largest absolute Gasteiger partial charge is 0.480 e. The highest BCUT2D eigenvalue weighted by Gasteiger charge is 2.44. The molecule has 0 aromatic carbocycles. The number of carboxylic acid groups (broad SMARTS) is 1. The minimum atomic E-state index is -4.19. The van der Waals surface area contributed by atoms with E-state index in [9.17, 15) is 22.8 Å². The SMILES string of the molecule is O=C(O)[C@@H]1CCCN1C(=O)C1CCC(C(F)(F)F)CC1. The summed E-state index contributed by atoms with van der Waals surface area (Å²) < 4.78 is 37.7. The average Bonchev–Trinajstić information content (AvgIpc) is 2.86. The number of amides is 1. The van der Waals surface area contributed by atoms with Gasteiger partial charge in [0.05, 0.1) is 5.92 Å². The van der Waals surface area contributed by atoms with Crippen LogP contribution < -0.4 is 0 Å². The Hall–Kier alpha value is -1.27. The number of carbonyl (C=O) groups is 2. The summed E-state index contributed by atoms with van der Waals surface area (Å²) in [5, 5.41) is 9.04. The number of rotatable bonds is 2. The fourth-order valence-corrected chi connectivity index (χ4v) is 3.19. The van der Waals surface area contributed by atoms with Crippen molar-refractivity contribution < 1.29 is 27.9 Å². The number of aliphatic carboxylic acids is 1. The number of carboxylic acids is 1. The van der Waals surface area contributed by atoms with Crippen LogP contribution in [-0.4, -0.2) is 40.6 Å². The molecule has 0 unspecified atom stereocenters. The average molecular weight is 293 g/mol. The maximum absolute atomic E-state index is 12.6. The first-order chi connectivity index (χ1) is 9.30. The number of hydrogen-bond acceptors (Lipinski definition) is 2. The van der Waals surface area contributed by atoms with Crippen LogP contribution in [0.5, 0.6) is 0 Å². The highest BCUT2D eigenvalue weighted by Crippen LogP contribution is 2.40. The van der Waals surface area contributed by atoms with Crippen LogP contribution >= 0.6 is 0 Å². The summed E-state index contributed by atoms with van der Waals surface area (Å²) in [6.07, 6.45) is -2.79. The van der Waals surface area contributed by atoms with Crippen molar-refractivity contribution in [1.82, 2.24) is 4.90 Å². The number of halogens is 3. The Bertz CT molecular complexity index is 389. The molecule has 1 atom stereocenters. The molecule has 1 saturated heterocycles. The summed E-state index contributed by atoms with van der Waals surface area (Å²) in [6, 6.07) is -0.803. The Morgan fingerprint density at radius 1 is 1.05 bits per heavy atom. The molecule has 0 spiro atoms. The monoisotopic (exact) mass is 293 g/mol. The predicted molar refractivity (Wildman–Crippen MR) is 63.9 cm³/mol. The van der Waals surface area contributed by atoms with Gasteiger partial charge in [-0.15, -0.1) is 0 Å². The highest BCUT2D eigenvalue weighted by atomic mass is 19.4. The molecular formula is C13H18F3NO3. The van der Waals surface area contributed by atoms with E-state index in [-0.39, 0.29) is 31.6 Å². The fourth-order valence-electron chi connectivity index (χ4n) is 3.19. The van der Waals surface area contributed by atoms with Crippen molar-refractivity contribution in [3.05, 3.63) is 0 Å². The van der Waals surface area contributed by atoms with E-state index in [4.69, 9.17) is 5.11 Å². The van der Waals surface area contributed by atoms with Crippen LogP contribution in [-0.2, 0) is 9.59 Å². The Labute approximate surface area is 114 Å². The summed E-state index contributed by atoms with van der Waals surface area (Å²) in [5.74, 6) is -3.08. The second-order valence-electron chi connectivity index (χ2n) is 5.62. The number of alkyl halides is 3. The van der Waals surface area contributed by atoms with E-state index in [1.54, 1.807) is 0 Å². The van der Waals surface area contributed by atoms with Crippen LogP contribution in [0, 0.1) is 11.8 Å². The quantitative estimate of drug-likeness (QED) is 0.850. The van der Waals surface area contributed by atoms with Gasteiger partial charge in [-0.05, 0) is 38.5 Å². The third-order valence-electron chi connectivity index (χ3n) is 4.36. The standard InChI is InChI=1S/C13H18F3NO3/c14-13(15,16)9-5-3-8(4-6-9)11(18)17-7-1-2-10(17)12(19)20/h8-10H,1-7H2,(H,19,20)/t8?,9?,10-/m0/s1. The molecular weight excluding hydrogens is 275 g/mol. The summed E-state index contributed by atoms with van der Waals surface area (Å²) in [6.45, 7) is 0.398. The molecule has 0 radical (unpaired) electrons. The molecule has 1 aliphatic carbocycles. The van der Waals surface area contributed by atoms with Gasteiger partial charge in [-0.3, -0.25) is 4.79 Å². The maximum Gasteiger partial charge on any atom is 0.391 e. The molecule has 0 bridgehead atoms. The third-order valence-corrected chi connectivity index (χ3v) is 4.36. The van der Waals surface area contributed by atoms with Gasteiger partial charge in [0.15, 0.2) is 0 Å². The summed E-state index contributed by atoms with van der Waals surface area (Å²) in [7, 11) is 0. The van der Waals surface area contributed by atoms with Crippen molar-refractivity contribution >= 4 is 11.9 Å². The van der Waals surface area contributed by atoms with E-state index in [1.165, 1.54) is 4.90 Å². The van der Waals surface area contributed by atoms with Crippen molar-refractivity contribution in [2.75, 3.05) is 6.54 Å². The van der Waals surface area contributed by atoms with Gasteiger partial charge in [0.1, 0.15) is 6.04 Å². The van der Waals surface area contributed by atoms with Gasteiger partial charge in [-0.2, -0.15) is 13.2 Å². The van der Waals surface area contributed by atoms with Gasteiger partial charge in [-0.25, -0.2) is 4.79 Å². The van der Waals surface area contributed by atoms with E-state index >= 15 is 0 Å². The van der Waals surface area contributed by atoms with Crippen LogP contribution in [0.1, 0.15) is 38.5 Å². The van der Waals surface area contributed by atoms with Gasteiger partial charge in [0.2, 0.25) is 5.91 Å². The topological polar surface area (TPSA) is 57.6 Å². The molecule has 2 rings (SSSR count). The second kappa shape index (κ2) is 5.61. The molecule has 0 aromatic heterocycles. The molecule has 1 aliphatic heterocycles. The first-order valence-corrected chi connectivity index (χ1v) is 6.90. The van der Waals surface area contributed by atoms with E-state index in [1.807, 2.05) is 0 Å². The van der Waals surface area contributed by atoms with Crippen LogP contribution in [0.2, 0.25) is 0 Å². The summed E-state index contributed by atoms with van der Waals surface area (Å²) >= 11 is 0. The second-order valence-corrected chi connectivity index (χ2v) is 5.62. The molecule has 1 heterocycles. The van der Waals surface area contributed by atoms with Gasteiger partial charge in [0, 0.05) is 12.5 Å². The first-order valence-electron chi connectivity index (χ1n) is 6.90.